The summed E-state index contributed by atoms with van der Waals surface area (Å²) in [5.74, 6) is 0.775. The number of hydrogen-bond acceptors (Lipinski definition) is 3. The van der Waals surface area contributed by atoms with E-state index >= 15 is 0 Å². The van der Waals surface area contributed by atoms with E-state index in [1.165, 1.54) is 19.5 Å². The van der Waals surface area contributed by atoms with Gasteiger partial charge in [-0.15, -0.1) is 0 Å². The summed E-state index contributed by atoms with van der Waals surface area (Å²) in [4.78, 5) is 2.62. The van der Waals surface area contributed by atoms with E-state index in [9.17, 15) is 0 Å². The second kappa shape index (κ2) is 8.06. The molecule has 102 valence electrons. The summed E-state index contributed by atoms with van der Waals surface area (Å²) in [6.45, 7) is 14.3. The first-order valence-corrected chi connectivity index (χ1v) is 7.24. The number of hydrogen-bond donors (Lipinski definition) is 1. The van der Waals surface area contributed by atoms with E-state index in [0.717, 1.165) is 32.1 Å². The highest BCUT2D eigenvalue weighted by molar-refractivity contribution is 4.86. The molecular formula is C14H30N2O. The first-order chi connectivity index (χ1) is 8.19. The molecule has 0 aromatic rings. The van der Waals surface area contributed by atoms with Crippen LogP contribution < -0.4 is 5.32 Å². The van der Waals surface area contributed by atoms with Crippen LogP contribution in [0.4, 0.5) is 0 Å². The second-order valence-corrected chi connectivity index (χ2v) is 5.29. The number of piperazine rings is 1. The minimum absolute atomic E-state index is 0.664. The first-order valence-electron chi connectivity index (χ1n) is 7.24. The number of ether oxygens (including phenoxy) is 1. The van der Waals surface area contributed by atoms with Gasteiger partial charge in [0.15, 0.2) is 0 Å². The molecule has 0 aliphatic carbocycles. The Bertz CT molecular complexity index is 199. The number of nitrogens with zero attached hydrogens (tertiary/aromatic N) is 1. The van der Waals surface area contributed by atoms with Crippen LogP contribution in [0.25, 0.3) is 0 Å². The van der Waals surface area contributed by atoms with Crippen molar-refractivity contribution in [1.29, 1.82) is 0 Å². The van der Waals surface area contributed by atoms with Crippen molar-refractivity contribution < 1.29 is 4.74 Å². The van der Waals surface area contributed by atoms with Crippen LogP contribution in [0.3, 0.4) is 0 Å². The van der Waals surface area contributed by atoms with Crippen LogP contribution in [0.1, 0.15) is 40.5 Å². The topological polar surface area (TPSA) is 24.5 Å². The van der Waals surface area contributed by atoms with Gasteiger partial charge in [-0.3, -0.25) is 4.90 Å². The van der Waals surface area contributed by atoms with Crippen molar-refractivity contribution in [3.8, 4) is 0 Å². The molecule has 3 unspecified atom stereocenters. The lowest BCUT2D eigenvalue weighted by Crippen LogP contribution is -2.57. The van der Waals surface area contributed by atoms with Gasteiger partial charge in [0, 0.05) is 44.9 Å². The smallest absolute Gasteiger partial charge is 0.0478 e. The molecule has 3 nitrogen and oxygen atoms in total. The van der Waals surface area contributed by atoms with Gasteiger partial charge < -0.3 is 10.1 Å². The molecule has 0 aromatic carbocycles. The normalized spacial score (nSPS) is 28.2. The molecule has 1 aliphatic rings. The lowest BCUT2D eigenvalue weighted by Gasteiger charge is -2.41. The number of nitrogens with one attached hydrogen (secondary N) is 1. The molecule has 1 heterocycles. The summed E-state index contributed by atoms with van der Waals surface area (Å²) >= 11 is 0. The average molecular weight is 242 g/mol. The molecule has 0 bridgehead atoms. The van der Waals surface area contributed by atoms with E-state index in [2.05, 4.69) is 37.9 Å². The SMILES string of the molecule is CCOCCCN1CC(C(C)CC)NCC1C. The largest absolute Gasteiger partial charge is 0.382 e. The van der Waals surface area contributed by atoms with Gasteiger partial charge in [-0.25, -0.2) is 0 Å². The van der Waals surface area contributed by atoms with Gasteiger partial charge in [0.05, 0.1) is 0 Å². The van der Waals surface area contributed by atoms with Crippen molar-refractivity contribution in [2.24, 2.45) is 5.92 Å². The lowest BCUT2D eigenvalue weighted by molar-refractivity contribution is 0.0923. The third kappa shape index (κ3) is 4.94. The molecule has 0 radical (unpaired) electrons. The van der Waals surface area contributed by atoms with E-state index in [0.29, 0.717) is 12.1 Å². The van der Waals surface area contributed by atoms with Crippen LogP contribution in [0.5, 0.6) is 0 Å². The summed E-state index contributed by atoms with van der Waals surface area (Å²) < 4.78 is 5.41. The predicted octanol–water partition coefficient (Wildman–Crippen LogP) is 2.12. The Morgan fingerprint density at radius 2 is 2.18 bits per heavy atom. The Labute approximate surface area is 107 Å². The fraction of sp³-hybridized carbons (Fsp3) is 1.00. The first kappa shape index (κ1) is 14.9. The van der Waals surface area contributed by atoms with Crippen LogP contribution >= 0.6 is 0 Å². The maximum Gasteiger partial charge on any atom is 0.0478 e. The van der Waals surface area contributed by atoms with Crippen LogP contribution in [-0.4, -0.2) is 49.8 Å². The molecule has 1 N–H and O–H groups in total. The third-order valence-corrected chi connectivity index (χ3v) is 4.00. The summed E-state index contributed by atoms with van der Waals surface area (Å²) in [5.41, 5.74) is 0. The van der Waals surface area contributed by atoms with Crippen LogP contribution in [0.2, 0.25) is 0 Å². The van der Waals surface area contributed by atoms with E-state index in [4.69, 9.17) is 4.74 Å². The zero-order valence-electron chi connectivity index (χ0n) is 12.0. The van der Waals surface area contributed by atoms with Crippen molar-refractivity contribution in [1.82, 2.24) is 10.2 Å². The summed E-state index contributed by atoms with van der Waals surface area (Å²) in [5, 5.41) is 3.68. The highest BCUT2D eigenvalue weighted by Crippen LogP contribution is 2.15. The van der Waals surface area contributed by atoms with E-state index < -0.39 is 0 Å². The van der Waals surface area contributed by atoms with Crippen LogP contribution in [0.15, 0.2) is 0 Å². The average Bonchev–Trinajstić information content (AvgIpc) is 2.35. The summed E-state index contributed by atoms with van der Waals surface area (Å²) in [6, 6.07) is 1.33. The van der Waals surface area contributed by atoms with Gasteiger partial charge in [-0.05, 0) is 26.2 Å². The molecule has 0 spiro atoms. The Morgan fingerprint density at radius 3 is 2.82 bits per heavy atom. The summed E-state index contributed by atoms with van der Waals surface area (Å²) in [7, 11) is 0. The molecule has 1 saturated heterocycles. The van der Waals surface area contributed by atoms with Crippen LogP contribution in [0, 0.1) is 5.92 Å². The van der Waals surface area contributed by atoms with Gasteiger partial charge in [-0.1, -0.05) is 20.3 Å². The van der Waals surface area contributed by atoms with Crippen molar-refractivity contribution in [2.45, 2.75) is 52.6 Å². The zero-order valence-corrected chi connectivity index (χ0v) is 12.0. The van der Waals surface area contributed by atoms with Crippen molar-refractivity contribution >= 4 is 0 Å². The molecule has 17 heavy (non-hydrogen) atoms. The minimum atomic E-state index is 0.664. The molecule has 1 rings (SSSR count). The molecule has 1 aliphatic heterocycles. The van der Waals surface area contributed by atoms with Gasteiger partial charge in [-0.2, -0.15) is 0 Å². The van der Waals surface area contributed by atoms with Gasteiger partial charge in [0.25, 0.3) is 0 Å². The molecular weight excluding hydrogens is 212 g/mol. The monoisotopic (exact) mass is 242 g/mol. The standard InChI is InChI=1S/C14H30N2O/c1-5-12(3)14-11-16(13(4)10-15-14)8-7-9-17-6-2/h12-15H,5-11H2,1-4H3. The Morgan fingerprint density at radius 1 is 1.41 bits per heavy atom. The minimum Gasteiger partial charge on any atom is -0.382 e. The zero-order chi connectivity index (χ0) is 12.7. The Hall–Kier alpha value is -0.120. The Balaban J connectivity index is 2.30. The highest BCUT2D eigenvalue weighted by atomic mass is 16.5. The molecule has 3 heteroatoms. The second-order valence-electron chi connectivity index (χ2n) is 5.29. The third-order valence-electron chi connectivity index (χ3n) is 4.00. The maximum atomic E-state index is 5.41. The van der Waals surface area contributed by atoms with Crippen molar-refractivity contribution in [2.75, 3.05) is 32.8 Å². The number of rotatable bonds is 7. The predicted molar refractivity (Wildman–Crippen MR) is 73.4 cm³/mol. The summed E-state index contributed by atoms with van der Waals surface area (Å²) in [6.07, 6.45) is 2.42. The quantitative estimate of drug-likeness (QED) is 0.692. The maximum absolute atomic E-state index is 5.41. The van der Waals surface area contributed by atoms with Crippen molar-refractivity contribution in [3.63, 3.8) is 0 Å². The molecule has 3 atom stereocenters. The Kier molecular flexibility index (Phi) is 7.09. The lowest BCUT2D eigenvalue weighted by atomic mass is 9.95. The molecule has 0 amide bonds. The van der Waals surface area contributed by atoms with E-state index in [-0.39, 0.29) is 0 Å². The van der Waals surface area contributed by atoms with Gasteiger partial charge >= 0.3 is 0 Å². The van der Waals surface area contributed by atoms with E-state index in [1.807, 2.05) is 0 Å². The van der Waals surface area contributed by atoms with Gasteiger partial charge in [0.1, 0.15) is 0 Å². The molecule has 0 aromatic heterocycles. The van der Waals surface area contributed by atoms with Crippen LogP contribution in [-0.2, 0) is 4.74 Å². The van der Waals surface area contributed by atoms with Gasteiger partial charge in [0.2, 0.25) is 0 Å². The fourth-order valence-corrected chi connectivity index (χ4v) is 2.44. The fourth-order valence-electron chi connectivity index (χ4n) is 2.44. The highest BCUT2D eigenvalue weighted by Gasteiger charge is 2.26. The molecule has 0 saturated carbocycles. The van der Waals surface area contributed by atoms with Crippen molar-refractivity contribution in [3.05, 3.63) is 0 Å². The molecule has 1 fully saturated rings. The van der Waals surface area contributed by atoms with E-state index in [1.54, 1.807) is 0 Å².